The van der Waals surface area contributed by atoms with Gasteiger partial charge in [0.2, 0.25) is 6.79 Å². The fraction of sp³-hybridized carbons (Fsp3) is 0.211. The number of hydrogen-bond donors (Lipinski definition) is 1. The van der Waals surface area contributed by atoms with Crippen LogP contribution in [-0.4, -0.2) is 37.4 Å². The molecule has 0 aliphatic carbocycles. The molecule has 0 atom stereocenters. The SMILES string of the molecule is Cc1nc2c(C(=O)NCc3noc(-c4ccc5c(c4)OCO5)n3)ccnc2n1C. The van der Waals surface area contributed by atoms with Gasteiger partial charge in [-0.25, -0.2) is 9.97 Å². The van der Waals surface area contributed by atoms with Gasteiger partial charge in [0.25, 0.3) is 11.8 Å². The van der Waals surface area contributed by atoms with Crippen molar-refractivity contribution in [2.24, 2.45) is 7.05 Å². The molecular weight excluding hydrogens is 376 g/mol. The monoisotopic (exact) mass is 392 g/mol. The lowest BCUT2D eigenvalue weighted by Gasteiger charge is -2.03. The lowest BCUT2D eigenvalue weighted by Crippen LogP contribution is -2.23. The largest absolute Gasteiger partial charge is 0.454 e. The number of ether oxygens (including phenoxy) is 2. The average molecular weight is 392 g/mol. The molecule has 1 aliphatic rings. The topological polar surface area (TPSA) is 117 Å². The quantitative estimate of drug-likeness (QED) is 0.560. The van der Waals surface area contributed by atoms with E-state index < -0.39 is 0 Å². The Hall–Kier alpha value is -3.95. The number of aromatic nitrogens is 5. The molecule has 0 bridgehead atoms. The van der Waals surface area contributed by atoms with Gasteiger partial charge in [-0.1, -0.05) is 5.16 Å². The molecule has 1 N–H and O–H groups in total. The summed E-state index contributed by atoms with van der Waals surface area (Å²) in [4.78, 5) is 25.7. The third-order valence-electron chi connectivity index (χ3n) is 4.72. The smallest absolute Gasteiger partial charge is 0.258 e. The number of imidazole rings is 1. The number of carbonyl (C=O) groups is 1. The van der Waals surface area contributed by atoms with Crippen molar-refractivity contribution in [1.29, 1.82) is 0 Å². The first kappa shape index (κ1) is 17.2. The highest BCUT2D eigenvalue weighted by atomic mass is 16.7. The normalized spacial score (nSPS) is 12.5. The standard InChI is InChI=1S/C19H16N6O4/c1-10-22-16-12(5-6-20-17(16)25(10)2)18(26)21-8-15-23-19(29-24-15)11-3-4-13-14(7-11)28-9-27-13/h3-7H,8-9H2,1-2H3,(H,21,26). The van der Waals surface area contributed by atoms with Crippen molar-refractivity contribution in [3.63, 3.8) is 0 Å². The molecule has 4 heterocycles. The van der Waals surface area contributed by atoms with Crippen molar-refractivity contribution in [2.45, 2.75) is 13.5 Å². The third kappa shape index (κ3) is 2.94. The van der Waals surface area contributed by atoms with E-state index in [0.717, 1.165) is 5.82 Å². The van der Waals surface area contributed by atoms with Gasteiger partial charge in [-0.05, 0) is 31.2 Å². The maximum atomic E-state index is 12.7. The van der Waals surface area contributed by atoms with Crippen LogP contribution in [0, 0.1) is 6.92 Å². The minimum absolute atomic E-state index is 0.114. The summed E-state index contributed by atoms with van der Waals surface area (Å²) in [6, 6.07) is 7.00. The van der Waals surface area contributed by atoms with Crippen molar-refractivity contribution in [2.75, 3.05) is 6.79 Å². The van der Waals surface area contributed by atoms with Gasteiger partial charge in [0, 0.05) is 18.8 Å². The minimum atomic E-state index is -0.287. The second-order valence-corrected chi connectivity index (χ2v) is 6.52. The Morgan fingerprint density at radius 3 is 2.97 bits per heavy atom. The Morgan fingerprint density at radius 2 is 2.07 bits per heavy atom. The molecule has 0 fully saturated rings. The zero-order valence-corrected chi connectivity index (χ0v) is 15.7. The molecule has 29 heavy (non-hydrogen) atoms. The molecule has 4 aromatic rings. The van der Waals surface area contributed by atoms with Crippen molar-refractivity contribution in [3.8, 4) is 23.0 Å². The molecule has 1 amide bonds. The first-order chi connectivity index (χ1) is 14.1. The van der Waals surface area contributed by atoms with E-state index in [2.05, 4.69) is 25.4 Å². The molecule has 0 radical (unpaired) electrons. The van der Waals surface area contributed by atoms with E-state index in [0.29, 0.717) is 45.5 Å². The van der Waals surface area contributed by atoms with Crippen LogP contribution in [0.3, 0.4) is 0 Å². The van der Waals surface area contributed by atoms with E-state index in [1.807, 2.05) is 18.5 Å². The summed E-state index contributed by atoms with van der Waals surface area (Å²) in [7, 11) is 1.86. The zero-order valence-electron chi connectivity index (χ0n) is 15.7. The highest BCUT2D eigenvalue weighted by molar-refractivity contribution is 6.04. The van der Waals surface area contributed by atoms with Gasteiger partial charge >= 0.3 is 0 Å². The van der Waals surface area contributed by atoms with E-state index in [1.165, 1.54) is 0 Å². The van der Waals surface area contributed by atoms with Crippen molar-refractivity contribution in [3.05, 3.63) is 47.7 Å². The molecule has 1 aromatic carbocycles. The lowest BCUT2D eigenvalue weighted by molar-refractivity contribution is 0.0951. The van der Waals surface area contributed by atoms with Gasteiger partial charge < -0.3 is 23.9 Å². The Kier molecular flexibility index (Phi) is 3.90. The predicted octanol–water partition coefficient (Wildman–Crippen LogP) is 1.99. The number of carbonyl (C=O) groups excluding carboxylic acids is 1. The Labute approximate surface area is 164 Å². The molecule has 10 heteroatoms. The number of rotatable bonds is 4. The van der Waals surface area contributed by atoms with Crippen LogP contribution >= 0.6 is 0 Å². The molecule has 0 saturated heterocycles. The summed E-state index contributed by atoms with van der Waals surface area (Å²) in [6.45, 7) is 2.17. The van der Waals surface area contributed by atoms with Crippen LogP contribution in [0.15, 0.2) is 35.0 Å². The second kappa shape index (κ2) is 6.59. The number of pyridine rings is 1. The summed E-state index contributed by atoms with van der Waals surface area (Å²) < 4.78 is 17.8. The van der Waals surface area contributed by atoms with Gasteiger partial charge in [-0.2, -0.15) is 4.98 Å². The summed E-state index contributed by atoms with van der Waals surface area (Å²) >= 11 is 0. The molecule has 10 nitrogen and oxygen atoms in total. The number of nitrogens with one attached hydrogen (secondary N) is 1. The van der Waals surface area contributed by atoms with Crippen LogP contribution < -0.4 is 14.8 Å². The van der Waals surface area contributed by atoms with E-state index in [9.17, 15) is 4.79 Å². The summed E-state index contributed by atoms with van der Waals surface area (Å²) in [5.41, 5.74) is 2.36. The number of amides is 1. The van der Waals surface area contributed by atoms with Crippen LogP contribution in [0.2, 0.25) is 0 Å². The van der Waals surface area contributed by atoms with Crippen LogP contribution in [0.5, 0.6) is 11.5 Å². The Morgan fingerprint density at radius 1 is 1.21 bits per heavy atom. The molecule has 0 unspecified atom stereocenters. The van der Waals surface area contributed by atoms with Gasteiger partial charge in [0.15, 0.2) is 23.0 Å². The Balaban J connectivity index is 1.32. The maximum Gasteiger partial charge on any atom is 0.258 e. The highest BCUT2D eigenvalue weighted by Gasteiger charge is 2.18. The number of aryl methyl sites for hydroxylation is 2. The van der Waals surface area contributed by atoms with E-state index in [4.69, 9.17) is 14.0 Å². The first-order valence-corrected chi connectivity index (χ1v) is 8.89. The fourth-order valence-electron chi connectivity index (χ4n) is 3.10. The van der Waals surface area contributed by atoms with Gasteiger partial charge in [-0.3, -0.25) is 4.79 Å². The molecule has 0 saturated carbocycles. The van der Waals surface area contributed by atoms with Crippen molar-refractivity contribution in [1.82, 2.24) is 30.0 Å². The highest BCUT2D eigenvalue weighted by Crippen LogP contribution is 2.35. The average Bonchev–Trinajstić information content (AvgIpc) is 3.45. The van der Waals surface area contributed by atoms with Crippen LogP contribution in [0.1, 0.15) is 22.0 Å². The lowest BCUT2D eigenvalue weighted by atomic mass is 10.2. The van der Waals surface area contributed by atoms with E-state index in [-0.39, 0.29) is 19.2 Å². The zero-order chi connectivity index (χ0) is 20.0. The van der Waals surface area contributed by atoms with Crippen molar-refractivity contribution < 1.29 is 18.8 Å². The minimum Gasteiger partial charge on any atom is -0.454 e. The van der Waals surface area contributed by atoms with Gasteiger partial charge in [-0.15, -0.1) is 0 Å². The first-order valence-electron chi connectivity index (χ1n) is 8.89. The molecule has 5 rings (SSSR count). The van der Waals surface area contributed by atoms with E-state index in [1.54, 1.807) is 30.5 Å². The molecule has 146 valence electrons. The fourth-order valence-corrected chi connectivity index (χ4v) is 3.10. The molecular formula is C19H16N6O4. The van der Waals surface area contributed by atoms with E-state index >= 15 is 0 Å². The predicted molar refractivity (Wildman–Crippen MR) is 100 cm³/mol. The summed E-state index contributed by atoms with van der Waals surface area (Å²) in [5.74, 6) is 2.48. The Bertz CT molecular complexity index is 1240. The number of nitrogens with zero attached hydrogens (tertiary/aromatic N) is 5. The summed E-state index contributed by atoms with van der Waals surface area (Å²) in [6.07, 6.45) is 1.59. The van der Waals surface area contributed by atoms with Crippen LogP contribution in [-0.2, 0) is 13.6 Å². The second-order valence-electron chi connectivity index (χ2n) is 6.52. The maximum absolute atomic E-state index is 12.7. The number of benzene rings is 1. The van der Waals surface area contributed by atoms with Crippen molar-refractivity contribution >= 4 is 17.1 Å². The van der Waals surface area contributed by atoms with Gasteiger partial charge in [0.1, 0.15) is 11.3 Å². The molecule has 0 spiro atoms. The third-order valence-corrected chi connectivity index (χ3v) is 4.72. The van der Waals surface area contributed by atoms with Crippen LogP contribution in [0.25, 0.3) is 22.6 Å². The van der Waals surface area contributed by atoms with Crippen LogP contribution in [0.4, 0.5) is 0 Å². The summed E-state index contributed by atoms with van der Waals surface area (Å²) in [5, 5.41) is 6.72. The number of hydrogen-bond acceptors (Lipinski definition) is 8. The number of fused-ring (bicyclic) bond motifs is 2. The molecule has 3 aromatic heterocycles. The van der Waals surface area contributed by atoms with Gasteiger partial charge in [0.05, 0.1) is 12.1 Å². The molecule has 1 aliphatic heterocycles.